The van der Waals surface area contributed by atoms with Crippen LogP contribution in [0.5, 0.6) is 0 Å². The predicted molar refractivity (Wildman–Crippen MR) is 156 cm³/mol. The van der Waals surface area contributed by atoms with E-state index in [1.807, 2.05) is 94.3 Å². The molecule has 5 nitrogen and oxygen atoms in total. The van der Waals surface area contributed by atoms with Crippen molar-refractivity contribution in [3.8, 4) is 38.9 Å². The molecule has 0 atom stereocenters. The monoisotopic (exact) mass is 579 g/mol. The topological polar surface area (TPSA) is 55.6 Å². The van der Waals surface area contributed by atoms with Crippen LogP contribution in [0.25, 0.3) is 38.9 Å². The number of anilines is 2. The molecule has 3 aromatic carbocycles. The highest BCUT2D eigenvalue weighted by Gasteiger charge is 2.17. The summed E-state index contributed by atoms with van der Waals surface area (Å²) in [4.78, 5) is 9.58. The Labute approximate surface area is 236 Å². The van der Waals surface area contributed by atoms with E-state index in [9.17, 15) is 0 Å². The SMILES string of the molecule is Clc1ccc(-c2csc(Nc3cc(-c4ccc(Cl)cc4)n(-c4nc(-c5ccc(Cl)cc5)cs4)n3)n2)cc1. The average Bonchev–Trinajstić information content (AvgIpc) is 3.66. The molecule has 3 aromatic heterocycles. The number of nitrogens with one attached hydrogen (secondary N) is 1. The van der Waals surface area contributed by atoms with Crippen LogP contribution in [0.15, 0.2) is 89.6 Å². The third kappa shape index (κ3) is 5.28. The fourth-order valence-corrected chi connectivity index (χ4v) is 5.62. The van der Waals surface area contributed by atoms with Crippen LogP contribution in [0.4, 0.5) is 10.9 Å². The number of thiazole rings is 2. The van der Waals surface area contributed by atoms with Gasteiger partial charge in [0.2, 0.25) is 5.13 Å². The van der Waals surface area contributed by atoms with Gasteiger partial charge in [-0.2, -0.15) is 0 Å². The number of aromatic nitrogens is 4. The molecule has 182 valence electrons. The summed E-state index contributed by atoms with van der Waals surface area (Å²) in [5.41, 5.74) is 5.56. The van der Waals surface area contributed by atoms with Gasteiger partial charge in [-0.05, 0) is 36.4 Å². The van der Waals surface area contributed by atoms with Gasteiger partial charge in [0.15, 0.2) is 10.9 Å². The number of rotatable bonds is 6. The lowest BCUT2D eigenvalue weighted by Crippen LogP contribution is -1.99. The maximum atomic E-state index is 6.14. The van der Waals surface area contributed by atoms with Crippen molar-refractivity contribution in [2.45, 2.75) is 0 Å². The molecule has 0 spiro atoms. The van der Waals surface area contributed by atoms with Crippen molar-refractivity contribution in [2.24, 2.45) is 0 Å². The van der Waals surface area contributed by atoms with E-state index in [-0.39, 0.29) is 0 Å². The maximum Gasteiger partial charge on any atom is 0.211 e. The lowest BCUT2D eigenvalue weighted by molar-refractivity contribution is 0.881. The summed E-state index contributed by atoms with van der Waals surface area (Å²) in [6, 6.07) is 24.9. The quantitative estimate of drug-likeness (QED) is 0.213. The van der Waals surface area contributed by atoms with Gasteiger partial charge in [-0.15, -0.1) is 27.8 Å². The summed E-state index contributed by atoms with van der Waals surface area (Å²) in [7, 11) is 0. The lowest BCUT2D eigenvalue weighted by atomic mass is 10.1. The van der Waals surface area contributed by atoms with Gasteiger partial charge in [-0.1, -0.05) is 71.2 Å². The van der Waals surface area contributed by atoms with Gasteiger partial charge >= 0.3 is 0 Å². The standard InChI is InChI=1S/C27H16Cl3N5S2/c28-19-7-1-16(2-8-19)22-14-36-26(31-22)33-25-13-24(18-5-11-21(30)12-6-18)35(34-25)27-32-23(15-37-27)17-3-9-20(29)10-4-17/h1-15H,(H,31,33,34). The van der Waals surface area contributed by atoms with Gasteiger partial charge < -0.3 is 5.32 Å². The van der Waals surface area contributed by atoms with Crippen LogP contribution >= 0.6 is 57.5 Å². The second kappa shape index (κ2) is 10.3. The van der Waals surface area contributed by atoms with E-state index in [2.05, 4.69) is 5.32 Å². The number of hydrogen-bond donors (Lipinski definition) is 1. The summed E-state index contributed by atoms with van der Waals surface area (Å²) in [5, 5.41) is 15.7. The fourth-order valence-electron chi connectivity index (χ4n) is 3.72. The summed E-state index contributed by atoms with van der Waals surface area (Å²) >= 11 is 21.2. The first-order chi connectivity index (χ1) is 18.0. The highest BCUT2D eigenvalue weighted by Crippen LogP contribution is 2.33. The van der Waals surface area contributed by atoms with E-state index in [4.69, 9.17) is 49.9 Å². The second-order valence-electron chi connectivity index (χ2n) is 8.03. The van der Waals surface area contributed by atoms with Crippen LogP contribution in [0.2, 0.25) is 15.1 Å². The van der Waals surface area contributed by atoms with Crippen molar-refractivity contribution in [1.82, 2.24) is 19.7 Å². The third-order valence-electron chi connectivity index (χ3n) is 5.54. The molecule has 0 aliphatic rings. The summed E-state index contributed by atoms with van der Waals surface area (Å²) < 4.78 is 1.84. The normalized spacial score (nSPS) is 11.1. The van der Waals surface area contributed by atoms with Crippen molar-refractivity contribution >= 4 is 68.4 Å². The molecule has 0 unspecified atom stereocenters. The van der Waals surface area contributed by atoms with Gasteiger partial charge in [0.1, 0.15) is 0 Å². The molecule has 10 heteroatoms. The molecule has 0 aliphatic carbocycles. The third-order valence-corrected chi connectivity index (χ3v) is 7.87. The van der Waals surface area contributed by atoms with Crippen LogP contribution in [-0.2, 0) is 0 Å². The van der Waals surface area contributed by atoms with Crippen molar-refractivity contribution < 1.29 is 0 Å². The molecule has 37 heavy (non-hydrogen) atoms. The molecule has 3 heterocycles. The van der Waals surface area contributed by atoms with E-state index in [1.54, 1.807) is 0 Å². The van der Waals surface area contributed by atoms with E-state index in [0.717, 1.165) is 44.0 Å². The first kappa shape index (κ1) is 24.2. The Morgan fingerprint density at radius 3 is 1.73 bits per heavy atom. The van der Waals surface area contributed by atoms with Crippen molar-refractivity contribution in [2.75, 3.05) is 5.32 Å². The molecule has 0 saturated carbocycles. The Morgan fingerprint density at radius 2 is 1.14 bits per heavy atom. The molecule has 1 N–H and O–H groups in total. The summed E-state index contributed by atoms with van der Waals surface area (Å²) in [5.74, 6) is 0.658. The molecule has 6 rings (SSSR count). The van der Waals surface area contributed by atoms with E-state index in [0.29, 0.717) is 20.9 Å². The zero-order valence-corrected chi connectivity index (χ0v) is 22.8. The van der Waals surface area contributed by atoms with Crippen LogP contribution in [0, 0.1) is 0 Å². The first-order valence-electron chi connectivity index (χ1n) is 11.1. The minimum absolute atomic E-state index is 0.658. The molecule has 6 aromatic rings. The van der Waals surface area contributed by atoms with E-state index in [1.165, 1.54) is 22.7 Å². The predicted octanol–water partition coefficient (Wildman–Crippen LogP) is 9.49. The molecular weight excluding hydrogens is 565 g/mol. The van der Waals surface area contributed by atoms with Crippen molar-refractivity contribution in [1.29, 1.82) is 0 Å². The Bertz CT molecular complexity index is 1670. The molecule has 0 bridgehead atoms. The van der Waals surface area contributed by atoms with Crippen LogP contribution in [-0.4, -0.2) is 19.7 Å². The molecule has 0 saturated heterocycles. The van der Waals surface area contributed by atoms with Gasteiger partial charge in [-0.3, -0.25) is 0 Å². The minimum atomic E-state index is 0.658. The van der Waals surface area contributed by atoms with E-state index >= 15 is 0 Å². The largest absolute Gasteiger partial charge is 0.315 e. The van der Waals surface area contributed by atoms with Crippen molar-refractivity contribution in [3.05, 3.63) is 105 Å². The Morgan fingerprint density at radius 1 is 0.622 bits per heavy atom. The number of nitrogens with zero attached hydrogens (tertiary/aromatic N) is 4. The number of hydrogen-bond acceptors (Lipinski definition) is 6. The maximum absolute atomic E-state index is 6.14. The highest BCUT2D eigenvalue weighted by atomic mass is 35.5. The van der Waals surface area contributed by atoms with Gasteiger partial charge in [0.05, 0.1) is 17.1 Å². The average molecular weight is 581 g/mol. The molecule has 0 aliphatic heterocycles. The van der Waals surface area contributed by atoms with Gasteiger partial charge in [-0.25, -0.2) is 14.6 Å². The van der Waals surface area contributed by atoms with Crippen LogP contribution < -0.4 is 5.32 Å². The van der Waals surface area contributed by atoms with Crippen LogP contribution in [0.3, 0.4) is 0 Å². The molecule has 0 amide bonds. The Hall–Kier alpha value is -3.20. The van der Waals surface area contributed by atoms with Gasteiger partial charge in [0.25, 0.3) is 0 Å². The zero-order chi connectivity index (χ0) is 25.4. The van der Waals surface area contributed by atoms with Crippen LogP contribution in [0.1, 0.15) is 0 Å². The fraction of sp³-hybridized carbons (Fsp3) is 0. The summed E-state index contributed by atoms with van der Waals surface area (Å²) in [6.45, 7) is 0. The molecule has 0 fully saturated rings. The first-order valence-corrected chi connectivity index (χ1v) is 14.0. The van der Waals surface area contributed by atoms with Crippen molar-refractivity contribution in [3.63, 3.8) is 0 Å². The smallest absolute Gasteiger partial charge is 0.211 e. The zero-order valence-electron chi connectivity index (χ0n) is 18.9. The van der Waals surface area contributed by atoms with E-state index < -0.39 is 0 Å². The minimum Gasteiger partial charge on any atom is -0.315 e. The Kier molecular flexibility index (Phi) is 6.71. The highest BCUT2D eigenvalue weighted by molar-refractivity contribution is 7.14. The lowest BCUT2D eigenvalue weighted by Gasteiger charge is -2.04. The second-order valence-corrected chi connectivity index (χ2v) is 11.0. The van der Waals surface area contributed by atoms with Gasteiger partial charge in [0, 0.05) is 48.6 Å². The molecule has 0 radical (unpaired) electrons. The summed E-state index contributed by atoms with van der Waals surface area (Å²) in [6.07, 6.45) is 0. The molecular formula is C27H16Cl3N5S2. The Balaban J connectivity index is 1.35. The number of halogens is 3. The number of benzene rings is 3.